The fourth-order valence-electron chi connectivity index (χ4n) is 3.52. The quantitative estimate of drug-likeness (QED) is 0.714. The minimum Gasteiger partial charge on any atom is -0.377 e. The molecule has 0 saturated heterocycles. The van der Waals surface area contributed by atoms with Crippen LogP contribution in [0.4, 0.5) is 16.2 Å². The smallest absolute Gasteiger partial charge is 0.317 e. The lowest BCUT2D eigenvalue weighted by molar-refractivity contribution is -0.122. The summed E-state index contributed by atoms with van der Waals surface area (Å²) >= 11 is 0. The van der Waals surface area contributed by atoms with Crippen molar-refractivity contribution in [2.75, 3.05) is 30.9 Å². The van der Waals surface area contributed by atoms with Gasteiger partial charge in [-0.25, -0.2) is 4.79 Å². The Morgan fingerprint density at radius 2 is 1.86 bits per heavy atom. The zero-order chi connectivity index (χ0) is 20.3. The van der Waals surface area contributed by atoms with E-state index in [1.54, 1.807) is 0 Å². The van der Waals surface area contributed by atoms with Crippen molar-refractivity contribution in [1.29, 1.82) is 0 Å². The van der Waals surface area contributed by atoms with Crippen molar-refractivity contribution in [3.05, 3.63) is 23.8 Å². The molecule has 6 heteroatoms. The van der Waals surface area contributed by atoms with Crippen LogP contribution >= 0.6 is 0 Å². The lowest BCUT2D eigenvalue weighted by Crippen LogP contribution is -2.43. The van der Waals surface area contributed by atoms with E-state index in [2.05, 4.69) is 15.5 Å². The van der Waals surface area contributed by atoms with Crippen molar-refractivity contribution in [2.24, 2.45) is 11.8 Å². The highest BCUT2D eigenvalue weighted by atomic mass is 16.2. The maximum Gasteiger partial charge on any atom is 0.317 e. The molecule has 154 valence electrons. The van der Waals surface area contributed by atoms with Crippen LogP contribution in [0.2, 0.25) is 0 Å². The van der Waals surface area contributed by atoms with Crippen LogP contribution in [-0.4, -0.2) is 43.5 Å². The fourth-order valence-corrected chi connectivity index (χ4v) is 3.52. The van der Waals surface area contributed by atoms with Gasteiger partial charge in [0.2, 0.25) is 5.91 Å². The number of carbonyl (C=O) groups is 2. The number of carbonyl (C=O) groups excluding carboxylic acids is 2. The minimum atomic E-state index is -0.0180. The van der Waals surface area contributed by atoms with E-state index < -0.39 is 0 Å². The van der Waals surface area contributed by atoms with E-state index in [-0.39, 0.29) is 23.9 Å². The second kappa shape index (κ2) is 8.84. The Morgan fingerprint density at radius 1 is 1.14 bits per heavy atom. The van der Waals surface area contributed by atoms with Gasteiger partial charge in [-0.05, 0) is 69.2 Å². The minimum absolute atomic E-state index is 0.0180. The summed E-state index contributed by atoms with van der Waals surface area (Å²) in [5, 5.41) is 6.09. The number of hydrogen-bond acceptors (Lipinski definition) is 3. The van der Waals surface area contributed by atoms with Crippen molar-refractivity contribution in [3.63, 3.8) is 0 Å². The first-order chi connectivity index (χ1) is 13.3. The van der Waals surface area contributed by atoms with Gasteiger partial charge in [0.05, 0.1) is 0 Å². The van der Waals surface area contributed by atoms with Crippen molar-refractivity contribution in [3.8, 4) is 0 Å². The summed E-state index contributed by atoms with van der Waals surface area (Å²) in [6.45, 7) is 5.28. The molecule has 0 aliphatic heterocycles. The predicted octanol–water partition coefficient (Wildman–Crippen LogP) is 3.82. The number of urea groups is 1. The SMILES string of the molecule is CC(C)NC(=O)N(Cc1cc(NC(=O)C2CCC2)ccc1N(C)C)CC1CC1. The molecule has 0 spiro atoms. The van der Waals surface area contributed by atoms with E-state index in [0.29, 0.717) is 12.5 Å². The van der Waals surface area contributed by atoms with Crippen molar-refractivity contribution in [1.82, 2.24) is 10.2 Å². The Hall–Kier alpha value is -2.24. The van der Waals surface area contributed by atoms with E-state index >= 15 is 0 Å². The second-order valence-electron chi connectivity index (χ2n) is 8.78. The third-order valence-corrected chi connectivity index (χ3v) is 5.54. The van der Waals surface area contributed by atoms with E-state index in [4.69, 9.17) is 0 Å². The molecular formula is C22H34N4O2. The van der Waals surface area contributed by atoms with Crippen LogP contribution in [0.5, 0.6) is 0 Å². The normalized spacial score (nSPS) is 16.5. The maximum absolute atomic E-state index is 12.7. The number of amides is 3. The summed E-state index contributed by atoms with van der Waals surface area (Å²) in [5.41, 5.74) is 2.93. The van der Waals surface area contributed by atoms with Gasteiger partial charge in [-0.2, -0.15) is 0 Å². The van der Waals surface area contributed by atoms with Gasteiger partial charge >= 0.3 is 6.03 Å². The van der Waals surface area contributed by atoms with Crippen LogP contribution in [0, 0.1) is 11.8 Å². The number of hydrogen-bond donors (Lipinski definition) is 2. The van der Waals surface area contributed by atoms with Crippen molar-refractivity contribution in [2.45, 2.75) is 58.5 Å². The van der Waals surface area contributed by atoms with Gasteiger partial charge < -0.3 is 20.4 Å². The van der Waals surface area contributed by atoms with Crippen LogP contribution in [-0.2, 0) is 11.3 Å². The van der Waals surface area contributed by atoms with Gasteiger partial charge in [-0.1, -0.05) is 6.42 Å². The highest BCUT2D eigenvalue weighted by molar-refractivity contribution is 5.93. The van der Waals surface area contributed by atoms with Crippen LogP contribution in [0.15, 0.2) is 18.2 Å². The Morgan fingerprint density at radius 3 is 2.39 bits per heavy atom. The zero-order valence-corrected chi connectivity index (χ0v) is 17.6. The van der Waals surface area contributed by atoms with Crippen LogP contribution in [0.1, 0.15) is 51.5 Å². The lowest BCUT2D eigenvalue weighted by atomic mass is 9.85. The number of rotatable bonds is 8. The molecule has 0 radical (unpaired) electrons. The molecule has 6 nitrogen and oxygen atoms in total. The highest BCUT2D eigenvalue weighted by Crippen LogP contribution is 2.32. The summed E-state index contributed by atoms with van der Waals surface area (Å²) in [6.07, 6.45) is 5.51. The summed E-state index contributed by atoms with van der Waals surface area (Å²) < 4.78 is 0. The molecule has 28 heavy (non-hydrogen) atoms. The highest BCUT2D eigenvalue weighted by Gasteiger charge is 2.28. The third kappa shape index (κ3) is 5.40. The molecule has 2 aliphatic carbocycles. The third-order valence-electron chi connectivity index (χ3n) is 5.54. The molecule has 0 unspecified atom stereocenters. The van der Waals surface area contributed by atoms with Gasteiger partial charge in [-0.15, -0.1) is 0 Å². The standard InChI is InChI=1S/C22H34N4O2/c1-15(2)23-22(28)26(13-16-8-9-16)14-18-12-19(10-11-20(18)25(3)4)24-21(27)17-6-5-7-17/h10-12,15-17H,5-9,13-14H2,1-4H3,(H,23,28)(H,24,27). The summed E-state index contributed by atoms with van der Waals surface area (Å²) in [5.74, 6) is 0.879. The van der Waals surface area contributed by atoms with Crippen LogP contribution in [0.25, 0.3) is 0 Å². The molecule has 0 atom stereocenters. The first-order valence-corrected chi connectivity index (χ1v) is 10.5. The molecule has 2 saturated carbocycles. The molecule has 2 N–H and O–H groups in total. The number of nitrogens with zero attached hydrogens (tertiary/aromatic N) is 2. The van der Waals surface area contributed by atoms with Gasteiger partial charge in [0.15, 0.2) is 0 Å². The van der Waals surface area contributed by atoms with E-state index in [1.807, 2.05) is 51.0 Å². The molecular weight excluding hydrogens is 352 g/mol. The van der Waals surface area contributed by atoms with Crippen molar-refractivity contribution >= 4 is 23.3 Å². The maximum atomic E-state index is 12.7. The van der Waals surface area contributed by atoms with Gasteiger partial charge in [0, 0.05) is 50.5 Å². The van der Waals surface area contributed by atoms with Gasteiger partial charge in [-0.3, -0.25) is 4.79 Å². The molecule has 0 heterocycles. The number of nitrogens with one attached hydrogen (secondary N) is 2. The molecule has 3 amide bonds. The Bertz CT molecular complexity index is 708. The van der Waals surface area contributed by atoms with E-state index in [0.717, 1.165) is 42.7 Å². The van der Waals surface area contributed by atoms with E-state index in [9.17, 15) is 9.59 Å². The summed E-state index contributed by atoms with van der Waals surface area (Å²) in [4.78, 5) is 29.0. The number of benzene rings is 1. The van der Waals surface area contributed by atoms with Crippen molar-refractivity contribution < 1.29 is 9.59 Å². The first-order valence-electron chi connectivity index (χ1n) is 10.5. The molecule has 0 bridgehead atoms. The molecule has 1 aromatic carbocycles. The first kappa shape index (κ1) is 20.5. The van der Waals surface area contributed by atoms with Crippen LogP contribution < -0.4 is 15.5 Å². The molecule has 0 aromatic heterocycles. The van der Waals surface area contributed by atoms with E-state index in [1.165, 1.54) is 12.8 Å². The summed E-state index contributed by atoms with van der Waals surface area (Å²) in [6, 6.07) is 6.09. The monoisotopic (exact) mass is 386 g/mol. The molecule has 3 rings (SSSR count). The Balaban J connectivity index is 1.78. The Kier molecular flexibility index (Phi) is 6.47. The van der Waals surface area contributed by atoms with Crippen LogP contribution in [0.3, 0.4) is 0 Å². The Labute approximate surface area is 168 Å². The summed E-state index contributed by atoms with van der Waals surface area (Å²) in [7, 11) is 4.01. The average molecular weight is 387 g/mol. The molecule has 2 aliphatic rings. The van der Waals surface area contributed by atoms with Gasteiger partial charge in [0.25, 0.3) is 0 Å². The predicted molar refractivity (Wildman–Crippen MR) is 114 cm³/mol. The van der Waals surface area contributed by atoms with Gasteiger partial charge in [0.1, 0.15) is 0 Å². The molecule has 2 fully saturated rings. The topological polar surface area (TPSA) is 64.7 Å². The second-order valence-corrected chi connectivity index (χ2v) is 8.78. The largest absolute Gasteiger partial charge is 0.377 e. The fraction of sp³-hybridized carbons (Fsp3) is 0.636. The molecule has 1 aromatic rings. The average Bonchev–Trinajstić information content (AvgIpc) is 3.35. The zero-order valence-electron chi connectivity index (χ0n) is 17.6. The number of anilines is 2. The lowest BCUT2D eigenvalue weighted by Gasteiger charge is -2.28.